The molecule has 0 amide bonds. The van der Waals surface area contributed by atoms with Crippen LogP contribution in [0.15, 0.2) is 41.3 Å². The second kappa shape index (κ2) is 6.43. The molecule has 2 N–H and O–H groups in total. The molecule has 0 saturated heterocycles. The molecule has 2 aromatic rings. The molecule has 0 heterocycles. The van der Waals surface area contributed by atoms with E-state index in [0.717, 1.165) is 25.3 Å². The molecular formula is C14H11ClFNO5S. The van der Waals surface area contributed by atoms with Gasteiger partial charge in [-0.1, -0.05) is 11.6 Å². The lowest BCUT2D eigenvalue weighted by Crippen LogP contribution is -2.15. The Morgan fingerprint density at radius 1 is 1.26 bits per heavy atom. The van der Waals surface area contributed by atoms with E-state index in [-0.39, 0.29) is 16.3 Å². The van der Waals surface area contributed by atoms with Gasteiger partial charge >= 0.3 is 5.97 Å². The first kappa shape index (κ1) is 17.0. The summed E-state index contributed by atoms with van der Waals surface area (Å²) in [7, 11) is -3.12. The van der Waals surface area contributed by atoms with Crippen molar-refractivity contribution in [1.29, 1.82) is 0 Å². The SMILES string of the molecule is COC(=O)c1ccc(NS(=O)(=O)c2cc(Cl)ccc2F)cc1O. The maximum atomic E-state index is 13.7. The van der Waals surface area contributed by atoms with Gasteiger partial charge in [0, 0.05) is 11.1 Å². The first-order valence-corrected chi connectivity index (χ1v) is 8.00. The normalized spacial score (nSPS) is 11.1. The quantitative estimate of drug-likeness (QED) is 0.819. The van der Waals surface area contributed by atoms with E-state index in [1.165, 1.54) is 18.2 Å². The first-order valence-electron chi connectivity index (χ1n) is 6.14. The van der Waals surface area contributed by atoms with Gasteiger partial charge in [-0.25, -0.2) is 17.6 Å². The highest BCUT2D eigenvalue weighted by Crippen LogP contribution is 2.26. The lowest BCUT2D eigenvalue weighted by molar-refractivity contribution is 0.0597. The number of rotatable bonds is 4. The molecule has 2 aromatic carbocycles. The predicted molar refractivity (Wildman–Crippen MR) is 81.7 cm³/mol. The number of hydrogen-bond acceptors (Lipinski definition) is 5. The second-order valence-corrected chi connectivity index (χ2v) is 6.49. The van der Waals surface area contributed by atoms with Gasteiger partial charge in [0.05, 0.1) is 12.8 Å². The number of phenolic OH excluding ortho intramolecular Hbond substituents is 1. The molecule has 6 nitrogen and oxygen atoms in total. The third-order valence-corrected chi connectivity index (χ3v) is 4.47. The summed E-state index contributed by atoms with van der Waals surface area (Å²) >= 11 is 5.67. The maximum absolute atomic E-state index is 13.7. The molecule has 0 fully saturated rings. The molecule has 122 valence electrons. The molecule has 0 aromatic heterocycles. The summed E-state index contributed by atoms with van der Waals surface area (Å²) in [5, 5.41) is 9.78. The minimum absolute atomic E-state index is 0.0515. The van der Waals surface area contributed by atoms with Gasteiger partial charge in [-0.05, 0) is 30.3 Å². The van der Waals surface area contributed by atoms with Crippen molar-refractivity contribution in [2.24, 2.45) is 0 Å². The number of benzene rings is 2. The molecule has 0 bridgehead atoms. The fourth-order valence-corrected chi connectivity index (χ4v) is 3.16. The van der Waals surface area contributed by atoms with Crippen LogP contribution in [0.4, 0.5) is 10.1 Å². The average Bonchev–Trinajstić information content (AvgIpc) is 2.48. The van der Waals surface area contributed by atoms with Crippen LogP contribution in [-0.2, 0) is 14.8 Å². The monoisotopic (exact) mass is 359 g/mol. The molecule has 23 heavy (non-hydrogen) atoms. The number of esters is 1. The zero-order chi connectivity index (χ0) is 17.2. The van der Waals surface area contributed by atoms with E-state index < -0.39 is 32.5 Å². The van der Waals surface area contributed by atoms with E-state index in [4.69, 9.17) is 11.6 Å². The molecular weight excluding hydrogens is 349 g/mol. The van der Waals surface area contributed by atoms with Crippen molar-refractivity contribution in [2.45, 2.75) is 4.90 Å². The topological polar surface area (TPSA) is 92.7 Å². The number of aromatic hydroxyl groups is 1. The Bertz CT molecular complexity index is 869. The maximum Gasteiger partial charge on any atom is 0.341 e. The molecule has 0 radical (unpaired) electrons. The number of anilines is 1. The number of ether oxygens (including phenoxy) is 1. The first-order chi connectivity index (χ1) is 10.7. The number of hydrogen-bond donors (Lipinski definition) is 2. The molecule has 0 unspecified atom stereocenters. The fourth-order valence-electron chi connectivity index (χ4n) is 1.77. The van der Waals surface area contributed by atoms with E-state index >= 15 is 0 Å². The van der Waals surface area contributed by atoms with Crippen molar-refractivity contribution in [3.05, 3.63) is 52.8 Å². The fraction of sp³-hybridized carbons (Fsp3) is 0.0714. The van der Waals surface area contributed by atoms with Crippen molar-refractivity contribution in [1.82, 2.24) is 0 Å². The lowest BCUT2D eigenvalue weighted by Gasteiger charge is -2.10. The van der Waals surface area contributed by atoms with E-state index in [1.807, 2.05) is 0 Å². The molecule has 0 spiro atoms. The number of halogens is 2. The summed E-state index contributed by atoms with van der Waals surface area (Å²) in [4.78, 5) is 10.7. The smallest absolute Gasteiger partial charge is 0.341 e. The highest BCUT2D eigenvalue weighted by molar-refractivity contribution is 7.92. The Kier molecular flexibility index (Phi) is 4.76. The van der Waals surface area contributed by atoms with Crippen LogP contribution in [0.3, 0.4) is 0 Å². The van der Waals surface area contributed by atoms with Crippen molar-refractivity contribution in [3.63, 3.8) is 0 Å². The van der Waals surface area contributed by atoms with E-state index in [9.17, 15) is 22.7 Å². The second-order valence-electron chi connectivity index (χ2n) is 4.40. The third kappa shape index (κ3) is 3.72. The minimum atomic E-state index is -4.26. The third-order valence-electron chi connectivity index (χ3n) is 2.84. The van der Waals surface area contributed by atoms with Crippen LogP contribution < -0.4 is 4.72 Å². The van der Waals surface area contributed by atoms with Gasteiger partial charge in [0.25, 0.3) is 10.0 Å². The van der Waals surface area contributed by atoms with Crippen LogP contribution in [0, 0.1) is 5.82 Å². The highest BCUT2D eigenvalue weighted by Gasteiger charge is 2.21. The Morgan fingerprint density at radius 3 is 2.57 bits per heavy atom. The zero-order valence-electron chi connectivity index (χ0n) is 11.7. The molecule has 9 heteroatoms. The number of carbonyl (C=O) groups is 1. The number of carbonyl (C=O) groups excluding carboxylic acids is 1. The standard InChI is InChI=1S/C14H11ClFNO5S/c1-22-14(19)10-4-3-9(7-12(10)18)17-23(20,21)13-6-8(15)2-5-11(13)16/h2-7,17-18H,1H3. The minimum Gasteiger partial charge on any atom is -0.507 e. The van der Waals surface area contributed by atoms with Crippen LogP contribution >= 0.6 is 11.6 Å². The van der Waals surface area contributed by atoms with Crippen molar-refractivity contribution in [2.75, 3.05) is 11.8 Å². The molecule has 0 atom stereocenters. The summed E-state index contributed by atoms with van der Waals surface area (Å²) < 4.78 is 44.6. The van der Waals surface area contributed by atoms with Gasteiger partial charge in [-0.3, -0.25) is 4.72 Å². The van der Waals surface area contributed by atoms with Gasteiger partial charge in [-0.15, -0.1) is 0 Å². The van der Waals surface area contributed by atoms with Crippen LogP contribution in [-0.4, -0.2) is 26.6 Å². The van der Waals surface area contributed by atoms with Gasteiger partial charge in [0.15, 0.2) is 0 Å². The summed E-state index contributed by atoms with van der Waals surface area (Å²) in [5.74, 6) is -2.24. The van der Waals surface area contributed by atoms with E-state index in [0.29, 0.717) is 0 Å². The summed E-state index contributed by atoms with van der Waals surface area (Å²) in [5.41, 5.74) is -0.195. The average molecular weight is 360 g/mol. The lowest BCUT2D eigenvalue weighted by atomic mass is 10.2. The largest absolute Gasteiger partial charge is 0.507 e. The number of phenols is 1. The summed E-state index contributed by atoms with van der Waals surface area (Å²) in [6.45, 7) is 0. The Labute approximate surface area is 136 Å². The summed E-state index contributed by atoms with van der Waals surface area (Å²) in [6, 6.07) is 6.51. The van der Waals surface area contributed by atoms with Crippen molar-refractivity contribution in [3.8, 4) is 5.75 Å². The number of nitrogens with one attached hydrogen (secondary N) is 1. The van der Waals surface area contributed by atoms with Crippen molar-refractivity contribution < 1.29 is 27.4 Å². The van der Waals surface area contributed by atoms with Crippen LogP contribution in [0.5, 0.6) is 5.75 Å². The van der Waals surface area contributed by atoms with E-state index in [1.54, 1.807) is 0 Å². The molecule has 0 saturated carbocycles. The highest BCUT2D eigenvalue weighted by atomic mass is 35.5. The molecule has 0 aliphatic heterocycles. The number of sulfonamides is 1. The Morgan fingerprint density at radius 2 is 1.96 bits per heavy atom. The van der Waals surface area contributed by atoms with Gasteiger partial charge in [0.1, 0.15) is 22.0 Å². The van der Waals surface area contributed by atoms with Crippen LogP contribution in [0.25, 0.3) is 0 Å². The molecule has 0 aliphatic carbocycles. The Balaban J connectivity index is 2.36. The van der Waals surface area contributed by atoms with Crippen LogP contribution in [0.2, 0.25) is 5.02 Å². The zero-order valence-corrected chi connectivity index (χ0v) is 13.3. The van der Waals surface area contributed by atoms with E-state index in [2.05, 4.69) is 9.46 Å². The number of methoxy groups -OCH3 is 1. The molecule has 2 rings (SSSR count). The summed E-state index contributed by atoms with van der Waals surface area (Å²) in [6.07, 6.45) is 0. The van der Waals surface area contributed by atoms with Gasteiger partial charge < -0.3 is 9.84 Å². The van der Waals surface area contributed by atoms with Gasteiger partial charge in [-0.2, -0.15) is 0 Å². The van der Waals surface area contributed by atoms with Crippen LogP contribution in [0.1, 0.15) is 10.4 Å². The Hall–Kier alpha value is -2.32. The van der Waals surface area contributed by atoms with Crippen molar-refractivity contribution >= 4 is 33.3 Å². The van der Waals surface area contributed by atoms with Gasteiger partial charge in [0.2, 0.25) is 0 Å². The molecule has 0 aliphatic rings. The predicted octanol–water partition coefficient (Wildman–Crippen LogP) is 2.77.